The van der Waals surface area contributed by atoms with Gasteiger partial charge in [-0.3, -0.25) is 4.79 Å². The number of nitrogens with one attached hydrogen (secondary N) is 2. The van der Waals surface area contributed by atoms with Crippen molar-refractivity contribution in [2.24, 2.45) is 11.7 Å². The van der Waals surface area contributed by atoms with E-state index in [-0.39, 0.29) is 17.3 Å². The van der Waals surface area contributed by atoms with Crippen LogP contribution in [-0.4, -0.2) is 38.6 Å². The van der Waals surface area contributed by atoms with E-state index in [9.17, 15) is 9.90 Å². The predicted octanol–water partition coefficient (Wildman–Crippen LogP) is 1.75. The second-order valence-corrected chi connectivity index (χ2v) is 6.32. The van der Waals surface area contributed by atoms with Gasteiger partial charge in [-0.15, -0.1) is 0 Å². The zero-order valence-electron chi connectivity index (χ0n) is 21.3. The van der Waals surface area contributed by atoms with Gasteiger partial charge in [0.05, 0.1) is 13.0 Å². The summed E-state index contributed by atoms with van der Waals surface area (Å²) in [4.78, 5) is 19.9. The SMILES string of the molecule is [2H]C([2H])([2H])C1C(O)CC([2H])(Nc2nc(NC(C)(C)C)ncc2C(N)=O)C([2H])([2H])C1([2H])[2H]. The summed E-state index contributed by atoms with van der Waals surface area (Å²) in [7, 11) is 0. The second-order valence-electron chi connectivity index (χ2n) is 6.32. The zero-order valence-corrected chi connectivity index (χ0v) is 13.3. The molecule has 0 aromatic carbocycles. The van der Waals surface area contributed by atoms with Crippen molar-refractivity contribution in [1.82, 2.24) is 9.97 Å². The Hall–Kier alpha value is -1.89. The smallest absolute Gasteiger partial charge is 0.254 e. The van der Waals surface area contributed by atoms with Crippen LogP contribution in [0.4, 0.5) is 11.8 Å². The molecule has 128 valence electrons. The van der Waals surface area contributed by atoms with Crippen molar-refractivity contribution < 1.29 is 20.9 Å². The molecule has 1 saturated carbocycles. The van der Waals surface area contributed by atoms with Crippen molar-refractivity contribution in [3.05, 3.63) is 11.8 Å². The molecule has 1 aliphatic rings. The molecule has 0 bridgehead atoms. The first-order chi connectivity index (χ1) is 13.7. The topological polar surface area (TPSA) is 113 Å². The molecule has 3 unspecified atom stereocenters. The van der Waals surface area contributed by atoms with Gasteiger partial charge in [-0.2, -0.15) is 4.98 Å². The van der Waals surface area contributed by atoms with Crippen LogP contribution in [0.2, 0.25) is 0 Å². The minimum Gasteiger partial charge on any atom is -0.393 e. The Morgan fingerprint density at radius 1 is 1.57 bits per heavy atom. The highest BCUT2D eigenvalue weighted by Gasteiger charge is 2.27. The molecule has 1 aromatic heterocycles. The van der Waals surface area contributed by atoms with Crippen LogP contribution in [0.15, 0.2) is 6.20 Å². The summed E-state index contributed by atoms with van der Waals surface area (Å²) in [5.41, 5.74) is 4.57. The molecule has 1 aliphatic carbocycles. The Labute approximate surface area is 148 Å². The Bertz CT molecular complexity index is 857. The third kappa shape index (κ3) is 4.79. The number of nitrogens with zero attached hydrogens (tertiary/aromatic N) is 2. The van der Waals surface area contributed by atoms with Gasteiger partial charge < -0.3 is 21.5 Å². The van der Waals surface area contributed by atoms with Gasteiger partial charge in [0.15, 0.2) is 0 Å². The summed E-state index contributed by atoms with van der Waals surface area (Å²) in [5, 5.41) is 15.7. The van der Waals surface area contributed by atoms with E-state index >= 15 is 0 Å². The highest BCUT2D eigenvalue weighted by atomic mass is 16.3. The Balaban J connectivity index is 2.56. The van der Waals surface area contributed by atoms with Crippen molar-refractivity contribution in [3.8, 4) is 0 Å². The third-order valence-electron chi connectivity index (χ3n) is 2.99. The average Bonchev–Trinajstić information content (AvgIpc) is 2.49. The third-order valence-corrected chi connectivity index (χ3v) is 2.99. The summed E-state index contributed by atoms with van der Waals surface area (Å²) in [5.74, 6) is -3.35. The Morgan fingerprint density at radius 3 is 2.91 bits per heavy atom. The molecule has 1 heterocycles. The molecule has 1 aromatic rings. The quantitative estimate of drug-likeness (QED) is 0.669. The number of primary amides is 1. The number of amides is 1. The van der Waals surface area contributed by atoms with Crippen molar-refractivity contribution in [1.29, 1.82) is 0 Å². The van der Waals surface area contributed by atoms with Crippen LogP contribution in [0.5, 0.6) is 0 Å². The second kappa shape index (κ2) is 6.70. The lowest BCUT2D eigenvalue weighted by Crippen LogP contribution is -2.36. The van der Waals surface area contributed by atoms with Crippen LogP contribution in [0.1, 0.15) is 68.1 Å². The number of carbonyl (C=O) groups is 1. The highest BCUT2D eigenvalue weighted by molar-refractivity contribution is 5.97. The van der Waals surface area contributed by atoms with E-state index in [1.54, 1.807) is 0 Å². The lowest BCUT2D eigenvalue weighted by atomic mass is 9.85. The molecular weight excluding hydrogens is 294 g/mol. The first kappa shape index (κ1) is 9.42. The number of hydrogen-bond donors (Lipinski definition) is 4. The summed E-state index contributed by atoms with van der Waals surface area (Å²) >= 11 is 0. The molecule has 0 aliphatic heterocycles. The number of aliphatic hydroxyl groups is 1. The first-order valence-electron chi connectivity index (χ1n) is 11.1. The van der Waals surface area contributed by atoms with Gasteiger partial charge in [0.2, 0.25) is 5.95 Å². The van der Waals surface area contributed by atoms with Gasteiger partial charge in [-0.1, -0.05) is 6.85 Å². The molecule has 0 saturated heterocycles. The standard InChI is InChI=1S/C16H27N5O2/c1-9-5-6-10(7-12(9)22)19-14-11(13(17)23)8-18-15(20-14)21-16(2,3)4/h8-10,12,22H,5-7H2,1-4H3,(H2,17,23)(H2,18,19,20,21)/i1D3,5D2,6D2,10D. The lowest BCUT2D eigenvalue weighted by molar-refractivity contribution is 0.0739. The van der Waals surface area contributed by atoms with Crippen LogP contribution in [0.3, 0.4) is 0 Å². The highest BCUT2D eigenvalue weighted by Crippen LogP contribution is 2.27. The summed E-state index contributed by atoms with van der Waals surface area (Å²) < 4.78 is 64.2. The Morgan fingerprint density at radius 2 is 2.30 bits per heavy atom. The van der Waals surface area contributed by atoms with E-state index in [1.807, 2.05) is 20.8 Å². The molecule has 7 heteroatoms. The number of rotatable bonds is 4. The maximum absolute atomic E-state index is 11.8. The van der Waals surface area contributed by atoms with Gasteiger partial charge >= 0.3 is 0 Å². The molecule has 0 spiro atoms. The molecular formula is C16H27N5O2. The van der Waals surface area contributed by atoms with Crippen molar-refractivity contribution >= 4 is 17.7 Å². The molecule has 3 atom stereocenters. The number of aliphatic hydroxyl groups excluding tert-OH is 1. The average molecular weight is 329 g/mol. The minimum absolute atomic E-state index is 0.0314. The van der Waals surface area contributed by atoms with E-state index in [4.69, 9.17) is 16.7 Å². The normalized spacial score (nSPS) is 38.3. The lowest BCUT2D eigenvalue weighted by Gasteiger charge is -2.32. The molecule has 23 heavy (non-hydrogen) atoms. The monoisotopic (exact) mass is 329 g/mol. The maximum Gasteiger partial charge on any atom is 0.254 e. The van der Waals surface area contributed by atoms with Crippen molar-refractivity contribution in [2.75, 3.05) is 10.6 Å². The maximum atomic E-state index is 11.8. The van der Waals surface area contributed by atoms with Crippen LogP contribution in [-0.2, 0) is 0 Å². The molecule has 5 N–H and O–H groups in total. The molecule has 1 amide bonds. The van der Waals surface area contributed by atoms with Crippen LogP contribution in [0.25, 0.3) is 0 Å². The largest absolute Gasteiger partial charge is 0.393 e. The predicted molar refractivity (Wildman–Crippen MR) is 90.4 cm³/mol. The van der Waals surface area contributed by atoms with Crippen LogP contribution in [0, 0.1) is 5.92 Å². The minimum atomic E-state index is -3.13. The summed E-state index contributed by atoms with van der Waals surface area (Å²) in [6.45, 7) is 2.44. The molecule has 2 rings (SSSR count). The fourth-order valence-electron chi connectivity index (χ4n) is 1.92. The van der Waals surface area contributed by atoms with Gasteiger partial charge in [-0.05, 0) is 45.9 Å². The van der Waals surface area contributed by atoms with Crippen LogP contribution < -0.4 is 16.4 Å². The zero-order chi connectivity index (χ0) is 24.2. The van der Waals surface area contributed by atoms with Gasteiger partial charge in [0, 0.05) is 27.3 Å². The van der Waals surface area contributed by atoms with E-state index in [0.29, 0.717) is 0 Å². The molecule has 0 radical (unpaired) electrons. The summed E-state index contributed by atoms with van der Waals surface area (Å²) in [6, 6.07) is -2.59. The first-order valence-corrected chi connectivity index (χ1v) is 7.14. The molecule has 1 fully saturated rings. The van der Waals surface area contributed by atoms with E-state index < -0.39 is 55.5 Å². The van der Waals surface area contributed by atoms with E-state index in [2.05, 4.69) is 20.6 Å². The number of nitrogens with two attached hydrogens (primary N) is 1. The van der Waals surface area contributed by atoms with Crippen LogP contribution >= 0.6 is 0 Å². The van der Waals surface area contributed by atoms with E-state index in [1.165, 1.54) is 0 Å². The molecule has 7 nitrogen and oxygen atoms in total. The van der Waals surface area contributed by atoms with Crippen molar-refractivity contribution in [3.63, 3.8) is 0 Å². The van der Waals surface area contributed by atoms with Gasteiger partial charge in [-0.25, -0.2) is 4.98 Å². The van der Waals surface area contributed by atoms with Crippen molar-refractivity contribution in [2.45, 2.75) is 64.5 Å². The number of anilines is 2. The Kier molecular flexibility index (Phi) is 2.74. The number of hydrogen-bond acceptors (Lipinski definition) is 6. The summed E-state index contributed by atoms with van der Waals surface area (Å²) in [6.07, 6.45) is -7.83. The number of carbonyl (C=O) groups excluding carboxylic acids is 1. The van der Waals surface area contributed by atoms with Gasteiger partial charge in [0.25, 0.3) is 5.91 Å². The fourth-order valence-corrected chi connectivity index (χ4v) is 1.92. The van der Waals surface area contributed by atoms with Gasteiger partial charge in [0.1, 0.15) is 5.82 Å². The number of aromatic nitrogens is 2. The van der Waals surface area contributed by atoms with E-state index in [0.717, 1.165) is 6.20 Å². The fraction of sp³-hybridized carbons (Fsp3) is 0.688.